The summed E-state index contributed by atoms with van der Waals surface area (Å²) in [5.74, 6) is -0.323. The molecule has 0 spiro atoms. The van der Waals surface area contributed by atoms with E-state index in [0.29, 0.717) is 20.0 Å². The van der Waals surface area contributed by atoms with Crippen LogP contribution in [0.5, 0.6) is 0 Å². The topological polar surface area (TPSA) is 30.7 Å². The molecular weight excluding hydrogens is 389 g/mol. The van der Waals surface area contributed by atoms with Crippen molar-refractivity contribution in [2.24, 2.45) is 0 Å². The first-order valence-electron chi connectivity index (χ1n) is 7.01. The molecule has 0 fully saturated rings. The maximum Gasteiger partial charge on any atom is 0.140 e. The van der Waals surface area contributed by atoms with Crippen molar-refractivity contribution in [2.45, 2.75) is 52.0 Å². The summed E-state index contributed by atoms with van der Waals surface area (Å²) in [6.45, 7) is 3.00. The van der Waals surface area contributed by atoms with E-state index >= 15 is 0 Å². The van der Waals surface area contributed by atoms with E-state index in [9.17, 15) is 4.39 Å². The molecule has 6 heteroatoms. The quantitative estimate of drug-likeness (QED) is 0.451. The minimum atomic E-state index is -0.323. The number of benzene rings is 1. The molecule has 0 atom stereocenters. The highest BCUT2D eigenvalue weighted by Gasteiger charge is 2.14. The lowest BCUT2D eigenvalue weighted by molar-refractivity contribution is 0.488. The van der Waals surface area contributed by atoms with E-state index in [1.807, 2.05) is 0 Å². The Labute approximate surface area is 135 Å². The summed E-state index contributed by atoms with van der Waals surface area (Å²) >= 11 is 6.56. The van der Waals surface area contributed by atoms with Gasteiger partial charge in [-0.2, -0.15) is 15.0 Å². The Morgan fingerprint density at radius 3 is 2.45 bits per heavy atom. The number of fused-ring (bicyclic) bond motifs is 1. The normalized spacial score (nSPS) is 11.4. The van der Waals surface area contributed by atoms with Crippen molar-refractivity contribution in [3.8, 4) is 0 Å². The Bertz CT molecular complexity index is 583. The molecule has 2 rings (SSSR count). The van der Waals surface area contributed by atoms with Crippen LogP contribution in [0.25, 0.3) is 11.0 Å². The highest BCUT2D eigenvalue weighted by molar-refractivity contribution is 9.11. The van der Waals surface area contributed by atoms with Gasteiger partial charge < -0.3 is 0 Å². The summed E-state index contributed by atoms with van der Waals surface area (Å²) in [5.41, 5.74) is 1.27. The summed E-state index contributed by atoms with van der Waals surface area (Å²) in [6.07, 6.45) is 7.38. The highest BCUT2D eigenvalue weighted by atomic mass is 79.9. The van der Waals surface area contributed by atoms with Crippen LogP contribution in [0.4, 0.5) is 4.39 Å². The molecule has 3 nitrogen and oxygen atoms in total. The third-order valence-corrected chi connectivity index (χ3v) is 4.62. The average Bonchev–Trinajstić information content (AvgIpc) is 2.85. The van der Waals surface area contributed by atoms with Gasteiger partial charge in [0.1, 0.15) is 16.9 Å². The van der Waals surface area contributed by atoms with Crippen molar-refractivity contribution in [1.82, 2.24) is 15.0 Å². The molecule has 0 bridgehead atoms. The number of hydrogen-bond acceptors (Lipinski definition) is 2. The minimum Gasteiger partial charge on any atom is -0.206 e. The van der Waals surface area contributed by atoms with Crippen molar-refractivity contribution in [2.75, 3.05) is 0 Å². The molecule has 0 aliphatic heterocycles. The zero-order chi connectivity index (χ0) is 14.5. The molecule has 0 saturated heterocycles. The number of aromatic nitrogens is 3. The molecule has 2 aromatic rings. The third kappa shape index (κ3) is 3.79. The molecule has 1 aromatic carbocycles. The van der Waals surface area contributed by atoms with Gasteiger partial charge in [-0.25, -0.2) is 4.39 Å². The van der Waals surface area contributed by atoms with Crippen molar-refractivity contribution < 1.29 is 4.39 Å². The molecule has 1 aromatic heterocycles. The van der Waals surface area contributed by atoms with Gasteiger partial charge in [0, 0.05) is 0 Å². The second kappa shape index (κ2) is 7.50. The molecule has 0 aliphatic rings. The maximum atomic E-state index is 13.6. The molecule has 1 heterocycles. The lowest BCUT2D eigenvalue weighted by Gasteiger charge is -2.00. The van der Waals surface area contributed by atoms with Crippen LogP contribution in [0.15, 0.2) is 15.0 Å². The Kier molecular flexibility index (Phi) is 5.96. The number of halogens is 3. The zero-order valence-electron chi connectivity index (χ0n) is 11.5. The van der Waals surface area contributed by atoms with Gasteiger partial charge in [-0.1, -0.05) is 39.0 Å². The fourth-order valence-corrected chi connectivity index (χ4v) is 3.00. The molecule has 0 unspecified atom stereocenters. The van der Waals surface area contributed by atoms with Gasteiger partial charge in [0.25, 0.3) is 0 Å². The van der Waals surface area contributed by atoms with E-state index < -0.39 is 0 Å². The van der Waals surface area contributed by atoms with Gasteiger partial charge in [-0.05, 0) is 44.3 Å². The zero-order valence-corrected chi connectivity index (χ0v) is 14.7. The van der Waals surface area contributed by atoms with Gasteiger partial charge >= 0.3 is 0 Å². The maximum absolute atomic E-state index is 13.6. The number of hydrogen-bond donors (Lipinski definition) is 0. The number of nitrogens with zero attached hydrogens (tertiary/aromatic N) is 3. The summed E-state index contributed by atoms with van der Waals surface area (Å²) in [6, 6.07) is 1.41. The van der Waals surface area contributed by atoms with E-state index in [0.717, 1.165) is 13.0 Å². The van der Waals surface area contributed by atoms with Crippen molar-refractivity contribution in [3.05, 3.63) is 20.8 Å². The van der Waals surface area contributed by atoms with Crippen LogP contribution in [-0.2, 0) is 6.54 Å². The first-order chi connectivity index (χ1) is 9.63. The number of rotatable bonds is 7. The van der Waals surface area contributed by atoms with E-state index in [1.165, 1.54) is 38.2 Å². The molecule has 0 N–H and O–H groups in total. The second-order valence-corrected chi connectivity index (χ2v) is 6.56. The van der Waals surface area contributed by atoms with E-state index in [1.54, 1.807) is 4.80 Å². The first kappa shape index (κ1) is 15.9. The Balaban J connectivity index is 1.98. The van der Waals surface area contributed by atoms with Crippen LogP contribution in [0.3, 0.4) is 0 Å². The van der Waals surface area contributed by atoms with E-state index in [-0.39, 0.29) is 5.82 Å². The smallest absolute Gasteiger partial charge is 0.140 e. The predicted octanol–water partition coefficient (Wildman–Crippen LogP) is 5.46. The summed E-state index contributed by atoms with van der Waals surface area (Å²) in [7, 11) is 0. The SMILES string of the molecule is CCCCCCCCn1nc2c(Br)cc(F)c(Br)c2n1. The first-order valence-corrected chi connectivity index (χ1v) is 8.60. The Morgan fingerprint density at radius 2 is 1.70 bits per heavy atom. The van der Waals surface area contributed by atoms with Crippen LogP contribution < -0.4 is 0 Å². The lowest BCUT2D eigenvalue weighted by atomic mass is 10.1. The van der Waals surface area contributed by atoms with Crippen LogP contribution in [-0.4, -0.2) is 15.0 Å². The standard InChI is InChI=1S/C14H18Br2FN3/c1-2-3-4-5-6-7-8-20-18-13-10(15)9-11(17)12(16)14(13)19-20/h9H,2-8H2,1H3. The molecular formula is C14H18Br2FN3. The van der Waals surface area contributed by atoms with Gasteiger partial charge in [-0.15, -0.1) is 0 Å². The monoisotopic (exact) mass is 405 g/mol. The molecule has 0 radical (unpaired) electrons. The summed E-state index contributed by atoms with van der Waals surface area (Å²) in [5, 5.41) is 8.77. The van der Waals surface area contributed by atoms with Crippen molar-refractivity contribution in [1.29, 1.82) is 0 Å². The number of unbranched alkanes of at least 4 members (excludes halogenated alkanes) is 5. The molecule has 110 valence electrons. The van der Waals surface area contributed by atoms with Gasteiger partial charge in [0.15, 0.2) is 0 Å². The van der Waals surface area contributed by atoms with Crippen LogP contribution in [0.1, 0.15) is 45.4 Å². The highest BCUT2D eigenvalue weighted by Crippen LogP contribution is 2.30. The lowest BCUT2D eigenvalue weighted by Crippen LogP contribution is -2.02. The van der Waals surface area contributed by atoms with Gasteiger partial charge in [0.05, 0.1) is 15.5 Å². The molecule has 20 heavy (non-hydrogen) atoms. The van der Waals surface area contributed by atoms with Crippen LogP contribution >= 0.6 is 31.9 Å². The molecule has 0 aliphatic carbocycles. The largest absolute Gasteiger partial charge is 0.206 e. The van der Waals surface area contributed by atoms with Crippen molar-refractivity contribution in [3.63, 3.8) is 0 Å². The average molecular weight is 407 g/mol. The Hall–Kier alpha value is -0.490. The fraction of sp³-hybridized carbons (Fsp3) is 0.571. The fourth-order valence-electron chi connectivity index (χ4n) is 2.15. The predicted molar refractivity (Wildman–Crippen MR) is 86.3 cm³/mol. The van der Waals surface area contributed by atoms with Crippen LogP contribution in [0.2, 0.25) is 0 Å². The van der Waals surface area contributed by atoms with Crippen LogP contribution in [0, 0.1) is 5.82 Å². The second-order valence-electron chi connectivity index (χ2n) is 4.92. The van der Waals surface area contributed by atoms with Crippen molar-refractivity contribution >= 4 is 42.9 Å². The molecule has 0 amide bonds. The third-order valence-electron chi connectivity index (χ3n) is 3.26. The molecule has 0 saturated carbocycles. The van der Waals surface area contributed by atoms with Gasteiger partial charge in [-0.3, -0.25) is 0 Å². The number of aryl methyl sites for hydroxylation is 1. The Morgan fingerprint density at radius 1 is 1.05 bits per heavy atom. The van der Waals surface area contributed by atoms with E-state index in [2.05, 4.69) is 49.0 Å². The minimum absolute atomic E-state index is 0.323. The summed E-state index contributed by atoms with van der Waals surface area (Å²) in [4.78, 5) is 1.67. The summed E-state index contributed by atoms with van der Waals surface area (Å²) < 4.78 is 14.6. The van der Waals surface area contributed by atoms with E-state index in [4.69, 9.17) is 0 Å². The van der Waals surface area contributed by atoms with Gasteiger partial charge in [0.2, 0.25) is 0 Å².